The van der Waals surface area contributed by atoms with Crippen LogP contribution in [-0.4, -0.2) is 46.7 Å². The number of hydrogen-bond donors (Lipinski definition) is 0. The highest BCUT2D eigenvalue weighted by molar-refractivity contribution is 5.71. The predicted octanol–water partition coefficient (Wildman–Crippen LogP) is 0.848. The maximum Gasteiger partial charge on any atom is 0.320 e. The lowest BCUT2D eigenvalue weighted by Crippen LogP contribution is -2.33. The molecule has 0 atom stereocenters. The number of imidazole rings is 1. The second-order valence-corrected chi connectivity index (χ2v) is 3.88. The molecule has 17 heavy (non-hydrogen) atoms. The molecule has 1 heterocycles. The molecule has 0 aliphatic heterocycles. The Balaban J connectivity index is 2.37. The molecule has 5 nitrogen and oxygen atoms in total. The first kappa shape index (κ1) is 13.7. The molecule has 0 spiro atoms. The zero-order valence-electron chi connectivity index (χ0n) is 10.8. The largest absolute Gasteiger partial charge is 0.465 e. The Morgan fingerprint density at radius 1 is 1.53 bits per heavy atom. The number of nitrogens with zero attached hydrogens (tertiary/aromatic N) is 3. The van der Waals surface area contributed by atoms with Crippen molar-refractivity contribution in [1.29, 1.82) is 0 Å². The maximum atomic E-state index is 11.4. The Labute approximate surface area is 102 Å². The Morgan fingerprint density at radius 2 is 2.29 bits per heavy atom. The zero-order valence-corrected chi connectivity index (χ0v) is 10.8. The molecule has 0 aromatic carbocycles. The van der Waals surface area contributed by atoms with Gasteiger partial charge >= 0.3 is 5.97 Å². The smallest absolute Gasteiger partial charge is 0.320 e. The molecular formula is C12H21N3O2. The number of aryl methyl sites for hydroxylation is 1. The van der Waals surface area contributed by atoms with Gasteiger partial charge in [0.05, 0.1) is 13.2 Å². The van der Waals surface area contributed by atoms with Gasteiger partial charge in [0, 0.05) is 32.4 Å². The van der Waals surface area contributed by atoms with Crippen molar-refractivity contribution in [2.45, 2.75) is 20.3 Å². The molecule has 0 unspecified atom stereocenters. The van der Waals surface area contributed by atoms with Gasteiger partial charge in [-0.15, -0.1) is 0 Å². The van der Waals surface area contributed by atoms with Gasteiger partial charge in [0.15, 0.2) is 0 Å². The summed E-state index contributed by atoms with van der Waals surface area (Å²) in [6, 6.07) is 0. The topological polar surface area (TPSA) is 47.4 Å². The van der Waals surface area contributed by atoms with E-state index in [1.54, 1.807) is 6.20 Å². The van der Waals surface area contributed by atoms with Gasteiger partial charge < -0.3 is 9.30 Å². The van der Waals surface area contributed by atoms with Crippen molar-refractivity contribution in [3.05, 3.63) is 18.2 Å². The van der Waals surface area contributed by atoms with Crippen LogP contribution in [-0.2, 0) is 23.0 Å². The van der Waals surface area contributed by atoms with Crippen LogP contribution in [0.3, 0.4) is 0 Å². The molecule has 0 aliphatic carbocycles. The Bertz CT molecular complexity index is 349. The van der Waals surface area contributed by atoms with Gasteiger partial charge in [0.25, 0.3) is 0 Å². The van der Waals surface area contributed by atoms with E-state index in [2.05, 4.69) is 9.88 Å². The van der Waals surface area contributed by atoms with Gasteiger partial charge in [0.2, 0.25) is 0 Å². The minimum absolute atomic E-state index is 0.158. The summed E-state index contributed by atoms with van der Waals surface area (Å²) in [4.78, 5) is 17.7. The Hall–Kier alpha value is -1.36. The van der Waals surface area contributed by atoms with E-state index in [1.807, 2.05) is 31.7 Å². The first-order valence-electron chi connectivity index (χ1n) is 6.01. The number of aromatic nitrogens is 2. The van der Waals surface area contributed by atoms with Crippen molar-refractivity contribution in [3.8, 4) is 0 Å². The number of carbonyl (C=O) groups is 1. The number of likely N-dealkylation sites (N-methyl/N-ethyl adjacent to an activating group) is 1. The average Bonchev–Trinajstić information content (AvgIpc) is 2.70. The fraction of sp³-hybridized carbons (Fsp3) is 0.667. The van der Waals surface area contributed by atoms with E-state index in [0.29, 0.717) is 13.2 Å². The molecule has 1 aromatic rings. The van der Waals surface area contributed by atoms with E-state index in [4.69, 9.17) is 4.74 Å². The van der Waals surface area contributed by atoms with Crippen LogP contribution in [0.1, 0.15) is 19.7 Å². The maximum absolute atomic E-state index is 11.4. The first-order valence-corrected chi connectivity index (χ1v) is 6.01. The molecule has 0 fully saturated rings. The standard InChI is InChI=1S/C12H21N3O2/c1-4-15(10-12(16)17-5-2)8-6-11-13-7-9-14(11)3/h7,9H,4-6,8,10H2,1-3H3. The van der Waals surface area contributed by atoms with Crippen molar-refractivity contribution in [2.75, 3.05) is 26.2 Å². The van der Waals surface area contributed by atoms with E-state index >= 15 is 0 Å². The van der Waals surface area contributed by atoms with Crippen LogP contribution >= 0.6 is 0 Å². The highest BCUT2D eigenvalue weighted by Crippen LogP contribution is 1.98. The van der Waals surface area contributed by atoms with Crippen LogP contribution in [0, 0.1) is 0 Å². The van der Waals surface area contributed by atoms with E-state index in [0.717, 1.165) is 25.3 Å². The SMILES string of the molecule is CCOC(=O)CN(CC)CCc1nccn1C. The van der Waals surface area contributed by atoms with Crippen LogP contribution < -0.4 is 0 Å². The lowest BCUT2D eigenvalue weighted by Gasteiger charge is -2.18. The summed E-state index contributed by atoms with van der Waals surface area (Å²) in [6.45, 7) is 6.31. The normalized spacial score (nSPS) is 10.8. The number of hydrogen-bond acceptors (Lipinski definition) is 4. The number of carbonyl (C=O) groups excluding carboxylic acids is 1. The molecule has 0 bridgehead atoms. The summed E-state index contributed by atoms with van der Waals surface area (Å²) in [5.41, 5.74) is 0. The Morgan fingerprint density at radius 3 is 2.82 bits per heavy atom. The van der Waals surface area contributed by atoms with Crippen molar-refractivity contribution in [2.24, 2.45) is 7.05 Å². The molecule has 0 radical (unpaired) electrons. The van der Waals surface area contributed by atoms with Crippen molar-refractivity contribution < 1.29 is 9.53 Å². The van der Waals surface area contributed by atoms with Crippen LogP contribution in [0.2, 0.25) is 0 Å². The summed E-state index contributed by atoms with van der Waals surface area (Å²) in [6.07, 6.45) is 4.56. The van der Waals surface area contributed by atoms with Crippen LogP contribution in [0.15, 0.2) is 12.4 Å². The highest BCUT2D eigenvalue weighted by atomic mass is 16.5. The average molecular weight is 239 g/mol. The summed E-state index contributed by atoms with van der Waals surface area (Å²) >= 11 is 0. The third-order valence-corrected chi connectivity index (χ3v) is 2.68. The summed E-state index contributed by atoms with van der Waals surface area (Å²) in [5, 5.41) is 0. The van der Waals surface area contributed by atoms with E-state index < -0.39 is 0 Å². The monoisotopic (exact) mass is 239 g/mol. The van der Waals surface area contributed by atoms with Crippen LogP contribution in [0.25, 0.3) is 0 Å². The second kappa shape index (κ2) is 7.06. The number of esters is 1. The van der Waals surface area contributed by atoms with Crippen molar-refractivity contribution in [3.63, 3.8) is 0 Å². The first-order chi connectivity index (χ1) is 8.17. The molecule has 0 saturated heterocycles. The van der Waals surface area contributed by atoms with Gasteiger partial charge in [-0.05, 0) is 13.5 Å². The van der Waals surface area contributed by atoms with Gasteiger partial charge in [-0.25, -0.2) is 4.98 Å². The van der Waals surface area contributed by atoms with Crippen LogP contribution in [0.5, 0.6) is 0 Å². The molecular weight excluding hydrogens is 218 g/mol. The van der Waals surface area contributed by atoms with E-state index in [9.17, 15) is 4.79 Å². The number of ether oxygens (including phenoxy) is 1. The molecule has 5 heteroatoms. The summed E-state index contributed by atoms with van der Waals surface area (Å²) < 4.78 is 6.93. The quantitative estimate of drug-likeness (QED) is 0.662. The fourth-order valence-electron chi connectivity index (χ4n) is 1.63. The van der Waals surface area contributed by atoms with Gasteiger partial charge in [-0.3, -0.25) is 9.69 Å². The summed E-state index contributed by atoms with van der Waals surface area (Å²) in [7, 11) is 1.98. The van der Waals surface area contributed by atoms with Crippen molar-refractivity contribution in [1.82, 2.24) is 14.5 Å². The minimum atomic E-state index is -0.158. The molecule has 0 N–H and O–H groups in total. The predicted molar refractivity (Wildman–Crippen MR) is 65.7 cm³/mol. The van der Waals surface area contributed by atoms with Gasteiger partial charge in [0.1, 0.15) is 5.82 Å². The second-order valence-electron chi connectivity index (χ2n) is 3.88. The Kier molecular flexibility index (Phi) is 5.69. The summed E-state index contributed by atoms with van der Waals surface area (Å²) in [5.74, 6) is 0.876. The molecule has 0 amide bonds. The molecule has 0 aliphatic rings. The third-order valence-electron chi connectivity index (χ3n) is 2.68. The number of rotatable bonds is 7. The molecule has 0 saturated carbocycles. The van der Waals surface area contributed by atoms with Crippen molar-refractivity contribution >= 4 is 5.97 Å². The van der Waals surface area contributed by atoms with E-state index in [1.165, 1.54) is 0 Å². The minimum Gasteiger partial charge on any atom is -0.465 e. The molecule has 96 valence electrons. The lowest BCUT2D eigenvalue weighted by molar-refractivity contribution is -0.144. The highest BCUT2D eigenvalue weighted by Gasteiger charge is 2.10. The zero-order chi connectivity index (χ0) is 12.7. The fourth-order valence-corrected chi connectivity index (χ4v) is 1.63. The van der Waals surface area contributed by atoms with Gasteiger partial charge in [-0.2, -0.15) is 0 Å². The van der Waals surface area contributed by atoms with Crippen LogP contribution in [0.4, 0.5) is 0 Å². The van der Waals surface area contributed by atoms with Gasteiger partial charge in [-0.1, -0.05) is 6.92 Å². The third kappa shape index (κ3) is 4.56. The van der Waals surface area contributed by atoms with E-state index in [-0.39, 0.29) is 5.97 Å². The molecule has 1 aromatic heterocycles. The lowest BCUT2D eigenvalue weighted by atomic mass is 10.3. The molecule has 1 rings (SSSR count).